The van der Waals surface area contributed by atoms with Gasteiger partial charge in [0, 0.05) is 30.2 Å². The maximum absolute atomic E-state index is 4.74. The van der Waals surface area contributed by atoms with E-state index >= 15 is 0 Å². The van der Waals surface area contributed by atoms with E-state index in [4.69, 9.17) is 4.98 Å². The molecule has 1 aliphatic rings. The third kappa shape index (κ3) is 2.71. The number of fused-ring (bicyclic) bond motifs is 2. The molecule has 4 heteroatoms. The molecule has 0 N–H and O–H groups in total. The lowest BCUT2D eigenvalue weighted by molar-refractivity contribution is 0.211. The Morgan fingerprint density at radius 1 is 1.21 bits per heavy atom. The van der Waals surface area contributed by atoms with Crippen LogP contribution < -0.4 is 0 Å². The number of rotatable bonds is 3. The van der Waals surface area contributed by atoms with Crippen LogP contribution in [0.25, 0.3) is 5.78 Å². The summed E-state index contributed by atoms with van der Waals surface area (Å²) in [7, 11) is 2.21. The average molecular weight is 320 g/mol. The van der Waals surface area contributed by atoms with E-state index in [0.717, 1.165) is 23.7 Å². The Morgan fingerprint density at radius 3 is 2.92 bits per heavy atom. The standard InChI is InChI=1S/C20H24N4/c1-14-11-15(2)24-13-17(22-20(24)21-14)12-23(3)19-10-6-8-16-7-4-5-9-18(16)19/h4-5,7,9,11,13,19H,6,8,10,12H2,1-3H3. The predicted octanol–water partition coefficient (Wildman–Crippen LogP) is 3.86. The molecule has 0 aliphatic heterocycles. The maximum atomic E-state index is 4.74. The Morgan fingerprint density at radius 2 is 2.04 bits per heavy atom. The van der Waals surface area contributed by atoms with Crippen LogP contribution in [-0.4, -0.2) is 26.3 Å². The second kappa shape index (κ2) is 6.02. The molecule has 3 aromatic rings. The van der Waals surface area contributed by atoms with Gasteiger partial charge < -0.3 is 0 Å². The van der Waals surface area contributed by atoms with E-state index in [9.17, 15) is 0 Å². The van der Waals surface area contributed by atoms with Gasteiger partial charge in [0.1, 0.15) is 0 Å². The van der Waals surface area contributed by atoms with Gasteiger partial charge in [-0.05, 0) is 57.4 Å². The molecule has 1 aromatic carbocycles. The quantitative estimate of drug-likeness (QED) is 0.735. The van der Waals surface area contributed by atoms with Crippen molar-refractivity contribution in [2.75, 3.05) is 7.05 Å². The van der Waals surface area contributed by atoms with Gasteiger partial charge in [0.05, 0.1) is 5.69 Å². The van der Waals surface area contributed by atoms with E-state index in [-0.39, 0.29) is 0 Å². The van der Waals surface area contributed by atoms with Crippen LogP contribution in [-0.2, 0) is 13.0 Å². The van der Waals surface area contributed by atoms with Gasteiger partial charge in [0.15, 0.2) is 0 Å². The summed E-state index contributed by atoms with van der Waals surface area (Å²) in [4.78, 5) is 11.7. The summed E-state index contributed by atoms with van der Waals surface area (Å²) in [5.41, 5.74) is 6.28. The molecule has 1 atom stereocenters. The number of aryl methyl sites for hydroxylation is 3. The van der Waals surface area contributed by atoms with Gasteiger partial charge in [-0.1, -0.05) is 24.3 Å². The lowest BCUT2D eigenvalue weighted by atomic mass is 9.87. The first-order valence-corrected chi connectivity index (χ1v) is 8.72. The molecule has 4 nitrogen and oxygen atoms in total. The SMILES string of the molecule is Cc1cc(C)n2cc(CN(C)C3CCCc4ccccc43)nc2n1. The Bertz CT molecular complexity index is 880. The minimum atomic E-state index is 0.482. The van der Waals surface area contributed by atoms with Gasteiger partial charge in [-0.2, -0.15) is 0 Å². The van der Waals surface area contributed by atoms with Crippen molar-refractivity contribution in [2.45, 2.75) is 45.7 Å². The Balaban J connectivity index is 1.61. The van der Waals surface area contributed by atoms with Gasteiger partial charge in [0.2, 0.25) is 5.78 Å². The van der Waals surface area contributed by atoms with Crippen LogP contribution in [0.3, 0.4) is 0 Å². The molecule has 124 valence electrons. The molecule has 1 aliphatic carbocycles. The van der Waals surface area contributed by atoms with E-state index in [1.54, 1.807) is 0 Å². The van der Waals surface area contributed by atoms with Crippen LogP contribution >= 0.6 is 0 Å². The number of nitrogens with zero attached hydrogens (tertiary/aromatic N) is 4. The van der Waals surface area contributed by atoms with E-state index in [1.165, 1.54) is 36.1 Å². The van der Waals surface area contributed by atoms with Crippen molar-refractivity contribution >= 4 is 5.78 Å². The summed E-state index contributed by atoms with van der Waals surface area (Å²) in [5.74, 6) is 0.806. The highest BCUT2D eigenvalue weighted by molar-refractivity contribution is 5.35. The van der Waals surface area contributed by atoms with Crippen molar-refractivity contribution in [1.29, 1.82) is 0 Å². The van der Waals surface area contributed by atoms with Crippen molar-refractivity contribution in [1.82, 2.24) is 19.3 Å². The molecular weight excluding hydrogens is 296 g/mol. The van der Waals surface area contributed by atoms with E-state index < -0.39 is 0 Å². The fourth-order valence-electron chi connectivity index (χ4n) is 3.95. The molecular formula is C20H24N4. The zero-order chi connectivity index (χ0) is 16.7. The Hall–Kier alpha value is -2.20. The van der Waals surface area contributed by atoms with Crippen molar-refractivity contribution in [2.24, 2.45) is 0 Å². The zero-order valence-corrected chi connectivity index (χ0v) is 14.7. The Kier molecular flexibility index (Phi) is 3.85. The predicted molar refractivity (Wildman–Crippen MR) is 96.0 cm³/mol. The summed E-state index contributed by atoms with van der Waals surface area (Å²) >= 11 is 0. The first-order valence-electron chi connectivity index (χ1n) is 8.72. The second-order valence-electron chi connectivity index (χ2n) is 6.96. The molecule has 0 spiro atoms. The molecule has 1 unspecified atom stereocenters. The summed E-state index contributed by atoms with van der Waals surface area (Å²) < 4.78 is 2.09. The molecule has 0 saturated heterocycles. The fraction of sp³-hybridized carbons (Fsp3) is 0.400. The van der Waals surface area contributed by atoms with Gasteiger partial charge in [-0.15, -0.1) is 0 Å². The summed E-state index contributed by atoms with van der Waals surface area (Å²) in [5, 5.41) is 0. The topological polar surface area (TPSA) is 33.4 Å². The van der Waals surface area contributed by atoms with Crippen molar-refractivity contribution in [3.63, 3.8) is 0 Å². The largest absolute Gasteiger partial charge is 0.293 e. The molecule has 4 rings (SSSR count). The third-order valence-electron chi connectivity index (χ3n) is 5.09. The van der Waals surface area contributed by atoms with Crippen LogP contribution in [0.5, 0.6) is 0 Å². The minimum absolute atomic E-state index is 0.482. The van der Waals surface area contributed by atoms with Gasteiger partial charge in [0.25, 0.3) is 0 Å². The van der Waals surface area contributed by atoms with Crippen molar-refractivity contribution < 1.29 is 0 Å². The first-order chi connectivity index (χ1) is 11.6. The molecule has 0 saturated carbocycles. The molecule has 0 radical (unpaired) electrons. The van der Waals surface area contributed by atoms with E-state index in [1.807, 2.05) is 6.92 Å². The Labute approximate surface area is 143 Å². The fourth-order valence-corrected chi connectivity index (χ4v) is 3.95. The normalized spacial score (nSPS) is 17.4. The van der Waals surface area contributed by atoms with Crippen LogP contribution in [0.4, 0.5) is 0 Å². The highest BCUT2D eigenvalue weighted by Gasteiger charge is 2.24. The molecule has 2 heterocycles. The number of imidazole rings is 1. The number of aromatic nitrogens is 3. The van der Waals surface area contributed by atoms with Gasteiger partial charge in [-0.25, -0.2) is 9.97 Å². The number of hydrogen-bond acceptors (Lipinski definition) is 3. The minimum Gasteiger partial charge on any atom is -0.293 e. The van der Waals surface area contributed by atoms with Crippen molar-refractivity contribution in [3.8, 4) is 0 Å². The van der Waals surface area contributed by atoms with E-state index in [2.05, 4.69) is 64.8 Å². The highest BCUT2D eigenvalue weighted by Crippen LogP contribution is 2.34. The molecule has 0 fully saturated rings. The van der Waals surface area contributed by atoms with Gasteiger partial charge in [-0.3, -0.25) is 9.30 Å². The lowest BCUT2D eigenvalue weighted by Gasteiger charge is -2.32. The van der Waals surface area contributed by atoms with Crippen LogP contribution in [0.2, 0.25) is 0 Å². The van der Waals surface area contributed by atoms with Crippen LogP contribution in [0, 0.1) is 13.8 Å². The average Bonchev–Trinajstić information content (AvgIpc) is 2.97. The summed E-state index contributed by atoms with van der Waals surface area (Å²) in [6.45, 7) is 4.97. The maximum Gasteiger partial charge on any atom is 0.234 e. The van der Waals surface area contributed by atoms with Crippen LogP contribution in [0.1, 0.15) is 47.1 Å². The monoisotopic (exact) mass is 320 g/mol. The summed E-state index contributed by atoms with van der Waals surface area (Å²) in [6, 6.07) is 11.5. The van der Waals surface area contributed by atoms with E-state index in [0.29, 0.717) is 6.04 Å². The van der Waals surface area contributed by atoms with Gasteiger partial charge >= 0.3 is 0 Å². The first kappa shape index (κ1) is 15.3. The number of benzene rings is 1. The zero-order valence-electron chi connectivity index (χ0n) is 14.7. The van der Waals surface area contributed by atoms with Crippen molar-refractivity contribution in [3.05, 3.63) is 64.7 Å². The highest BCUT2D eigenvalue weighted by atomic mass is 15.2. The molecule has 2 aromatic heterocycles. The molecule has 0 bridgehead atoms. The smallest absolute Gasteiger partial charge is 0.234 e. The lowest BCUT2D eigenvalue weighted by Crippen LogP contribution is -2.27. The third-order valence-corrected chi connectivity index (χ3v) is 5.09. The molecule has 24 heavy (non-hydrogen) atoms. The number of hydrogen-bond donors (Lipinski definition) is 0. The summed E-state index contributed by atoms with van der Waals surface area (Å²) in [6.07, 6.45) is 5.81. The second-order valence-corrected chi connectivity index (χ2v) is 6.96. The van der Waals surface area contributed by atoms with Crippen LogP contribution in [0.15, 0.2) is 36.5 Å². The molecule has 0 amide bonds.